The molecule has 0 aliphatic carbocycles. The van der Waals surface area contributed by atoms with Crippen molar-refractivity contribution in [1.29, 1.82) is 0 Å². The van der Waals surface area contributed by atoms with E-state index in [-0.39, 0.29) is 11.3 Å². The first-order valence-corrected chi connectivity index (χ1v) is 7.27. The van der Waals surface area contributed by atoms with Crippen LogP contribution in [0.15, 0.2) is 29.2 Å². The fraction of sp³-hybridized carbons (Fsp3) is 0.500. The van der Waals surface area contributed by atoms with Crippen LogP contribution in [0.2, 0.25) is 0 Å². The van der Waals surface area contributed by atoms with E-state index >= 15 is 0 Å². The lowest BCUT2D eigenvalue weighted by atomic mass is 9.84. The molecule has 1 aromatic rings. The van der Waals surface area contributed by atoms with Crippen molar-refractivity contribution in [2.24, 2.45) is 5.73 Å². The first-order chi connectivity index (χ1) is 8.36. The van der Waals surface area contributed by atoms with Crippen LogP contribution in [0.25, 0.3) is 0 Å². The van der Waals surface area contributed by atoms with E-state index in [1.807, 2.05) is 0 Å². The van der Waals surface area contributed by atoms with Crippen LogP contribution in [0, 0.1) is 0 Å². The summed E-state index contributed by atoms with van der Waals surface area (Å²) in [6.07, 6.45) is 2.06. The highest BCUT2D eigenvalue weighted by Crippen LogP contribution is 2.24. The molecule has 0 radical (unpaired) electrons. The molecule has 3 N–H and O–H groups in total. The molecule has 1 amide bonds. The van der Waals surface area contributed by atoms with Crippen molar-refractivity contribution in [3.63, 3.8) is 0 Å². The molecule has 1 atom stereocenters. The van der Waals surface area contributed by atoms with Gasteiger partial charge in [-0.15, -0.1) is 11.8 Å². The van der Waals surface area contributed by atoms with E-state index in [9.17, 15) is 4.79 Å². The van der Waals surface area contributed by atoms with Crippen molar-refractivity contribution >= 4 is 17.7 Å². The summed E-state index contributed by atoms with van der Waals surface area (Å²) in [6.45, 7) is 6.51. The number of amides is 1. The minimum absolute atomic E-state index is 0.0957. The Balaban J connectivity index is 2.69. The van der Waals surface area contributed by atoms with Gasteiger partial charge in [0.2, 0.25) is 5.91 Å². The fourth-order valence-corrected chi connectivity index (χ4v) is 2.02. The molecule has 0 aliphatic rings. The maximum absolute atomic E-state index is 11.5. The quantitative estimate of drug-likeness (QED) is 0.803. The normalized spacial score (nSPS) is 13.2. The van der Waals surface area contributed by atoms with Gasteiger partial charge in [0.15, 0.2) is 0 Å². The Labute approximate surface area is 114 Å². The molecule has 1 unspecified atom stereocenters. The zero-order valence-corrected chi connectivity index (χ0v) is 12.3. The number of carbonyl (C=O) groups is 1. The summed E-state index contributed by atoms with van der Waals surface area (Å²) in [5, 5.41) is 2.88. The third-order valence-corrected chi connectivity index (χ3v) is 3.73. The highest BCUT2D eigenvalue weighted by molar-refractivity contribution is 7.98. The van der Waals surface area contributed by atoms with Crippen LogP contribution in [-0.4, -0.2) is 24.7 Å². The Morgan fingerprint density at radius 2 is 1.94 bits per heavy atom. The molecule has 0 heterocycles. The van der Waals surface area contributed by atoms with Gasteiger partial charge in [0.1, 0.15) is 0 Å². The molecule has 0 bridgehead atoms. The molecule has 0 fully saturated rings. The lowest BCUT2D eigenvalue weighted by Gasteiger charge is -2.26. The van der Waals surface area contributed by atoms with E-state index in [2.05, 4.69) is 49.7 Å². The molecule has 18 heavy (non-hydrogen) atoms. The molecule has 3 nitrogen and oxygen atoms in total. The number of carbonyl (C=O) groups excluding carboxylic acids is 1. The first kappa shape index (κ1) is 15.1. The van der Waals surface area contributed by atoms with Crippen LogP contribution < -0.4 is 11.1 Å². The standard InChI is InChI=1S/C14H22N2OS/c1-10(15)13(17)16-9-14(2,3)11-5-7-12(18-4)8-6-11/h5-8,10H,9,15H2,1-4H3,(H,16,17). The van der Waals surface area contributed by atoms with Crippen LogP contribution >= 0.6 is 11.8 Å². The number of rotatable bonds is 5. The van der Waals surface area contributed by atoms with E-state index in [1.165, 1.54) is 10.5 Å². The summed E-state index contributed by atoms with van der Waals surface area (Å²) in [4.78, 5) is 12.7. The average molecular weight is 266 g/mol. The zero-order valence-electron chi connectivity index (χ0n) is 11.5. The molecule has 0 aromatic heterocycles. The summed E-state index contributed by atoms with van der Waals surface area (Å²) in [6, 6.07) is 7.98. The molecule has 0 spiro atoms. The molecule has 1 aromatic carbocycles. The van der Waals surface area contributed by atoms with E-state index in [1.54, 1.807) is 18.7 Å². The van der Waals surface area contributed by atoms with Gasteiger partial charge in [-0.05, 0) is 30.9 Å². The number of nitrogens with two attached hydrogens (primary N) is 1. The SMILES string of the molecule is CSc1ccc(C(C)(C)CNC(=O)C(C)N)cc1. The van der Waals surface area contributed by atoms with Crippen molar-refractivity contribution in [2.45, 2.75) is 37.1 Å². The van der Waals surface area contributed by atoms with Crippen molar-refractivity contribution in [3.05, 3.63) is 29.8 Å². The highest BCUT2D eigenvalue weighted by Gasteiger charge is 2.21. The lowest BCUT2D eigenvalue weighted by Crippen LogP contribution is -2.43. The van der Waals surface area contributed by atoms with Gasteiger partial charge in [0, 0.05) is 16.9 Å². The Bertz CT molecular complexity index is 399. The first-order valence-electron chi connectivity index (χ1n) is 6.04. The van der Waals surface area contributed by atoms with E-state index in [4.69, 9.17) is 5.73 Å². The summed E-state index contributed by atoms with van der Waals surface area (Å²) in [5.74, 6) is -0.108. The second-order valence-corrected chi connectivity index (χ2v) is 6.00. The van der Waals surface area contributed by atoms with Crippen LogP contribution in [0.3, 0.4) is 0 Å². The average Bonchev–Trinajstić information content (AvgIpc) is 2.36. The van der Waals surface area contributed by atoms with Gasteiger partial charge in [-0.1, -0.05) is 26.0 Å². The van der Waals surface area contributed by atoms with Gasteiger partial charge in [-0.3, -0.25) is 4.79 Å². The van der Waals surface area contributed by atoms with Gasteiger partial charge in [0.05, 0.1) is 6.04 Å². The monoisotopic (exact) mass is 266 g/mol. The van der Waals surface area contributed by atoms with Crippen molar-refractivity contribution in [1.82, 2.24) is 5.32 Å². The van der Waals surface area contributed by atoms with Crippen LogP contribution in [-0.2, 0) is 10.2 Å². The van der Waals surface area contributed by atoms with Gasteiger partial charge in [-0.2, -0.15) is 0 Å². The van der Waals surface area contributed by atoms with Crippen LogP contribution in [0.1, 0.15) is 26.3 Å². The Kier molecular flexibility index (Phi) is 5.23. The van der Waals surface area contributed by atoms with E-state index in [0.29, 0.717) is 6.54 Å². The number of benzene rings is 1. The number of thioether (sulfide) groups is 1. The number of nitrogens with one attached hydrogen (secondary N) is 1. The van der Waals surface area contributed by atoms with Gasteiger partial charge < -0.3 is 11.1 Å². The third kappa shape index (κ3) is 4.03. The molecular weight excluding hydrogens is 244 g/mol. The summed E-state index contributed by atoms with van der Waals surface area (Å²) in [5.41, 5.74) is 6.64. The Morgan fingerprint density at radius 3 is 2.39 bits per heavy atom. The van der Waals surface area contributed by atoms with Crippen LogP contribution in [0.4, 0.5) is 0 Å². The smallest absolute Gasteiger partial charge is 0.236 e. The molecule has 0 saturated carbocycles. The predicted molar refractivity (Wildman–Crippen MR) is 77.9 cm³/mol. The molecule has 100 valence electrons. The van der Waals surface area contributed by atoms with Gasteiger partial charge >= 0.3 is 0 Å². The third-order valence-electron chi connectivity index (χ3n) is 2.99. The van der Waals surface area contributed by atoms with E-state index < -0.39 is 6.04 Å². The van der Waals surface area contributed by atoms with Crippen LogP contribution in [0.5, 0.6) is 0 Å². The molecule has 0 aliphatic heterocycles. The minimum Gasteiger partial charge on any atom is -0.354 e. The Morgan fingerprint density at radius 1 is 1.39 bits per heavy atom. The molecule has 4 heteroatoms. The fourth-order valence-electron chi connectivity index (χ4n) is 1.61. The number of hydrogen-bond donors (Lipinski definition) is 2. The summed E-state index contributed by atoms with van der Waals surface area (Å²) >= 11 is 1.72. The van der Waals surface area contributed by atoms with Gasteiger partial charge in [-0.25, -0.2) is 0 Å². The summed E-state index contributed by atoms with van der Waals surface area (Å²) in [7, 11) is 0. The topological polar surface area (TPSA) is 55.1 Å². The highest BCUT2D eigenvalue weighted by atomic mass is 32.2. The molecule has 0 saturated heterocycles. The molecular formula is C14H22N2OS. The van der Waals surface area contributed by atoms with Gasteiger partial charge in [0.25, 0.3) is 0 Å². The maximum Gasteiger partial charge on any atom is 0.236 e. The lowest BCUT2D eigenvalue weighted by molar-refractivity contribution is -0.122. The molecule has 1 rings (SSSR count). The Hall–Kier alpha value is -1.00. The number of hydrogen-bond acceptors (Lipinski definition) is 3. The predicted octanol–water partition coefficient (Wildman–Crippen LogP) is 2.15. The van der Waals surface area contributed by atoms with Crippen molar-refractivity contribution < 1.29 is 4.79 Å². The maximum atomic E-state index is 11.5. The minimum atomic E-state index is -0.459. The summed E-state index contributed by atoms with van der Waals surface area (Å²) < 4.78 is 0. The second kappa shape index (κ2) is 6.25. The van der Waals surface area contributed by atoms with E-state index in [0.717, 1.165) is 0 Å². The second-order valence-electron chi connectivity index (χ2n) is 5.12. The van der Waals surface area contributed by atoms with Crippen molar-refractivity contribution in [3.8, 4) is 0 Å². The largest absolute Gasteiger partial charge is 0.354 e. The zero-order chi connectivity index (χ0) is 13.8. The van der Waals surface area contributed by atoms with Crippen molar-refractivity contribution in [2.75, 3.05) is 12.8 Å².